The van der Waals surface area contributed by atoms with Crippen LogP contribution in [0.3, 0.4) is 0 Å². The second kappa shape index (κ2) is 5.31. The van der Waals surface area contributed by atoms with Crippen molar-refractivity contribution in [1.82, 2.24) is 5.32 Å². The highest BCUT2D eigenvalue weighted by molar-refractivity contribution is 5.79. The molecule has 0 atom stereocenters. The summed E-state index contributed by atoms with van der Waals surface area (Å²) in [7, 11) is 0. The Labute approximate surface area is 92.6 Å². The van der Waals surface area contributed by atoms with Gasteiger partial charge in [0, 0.05) is 19.2 Å². The molecule has 2 N–H and O–H groups in total. The molecule has 0 saturated carbocycles. The lowest BCUT2D eigenvalue weighted by Gasteiger charge is -2.39. The Morgan fingerprint density at radius 3 is 2.20 bits per heavy atom. The minimum Gasteiger partial charge on any atom is -0.478 e. The molecule has 0 aromatic heterocycles. The molecule has 0 aliphatic heterocycles. The topological polar surface area (TPSA) is 49.3 Å². The van der Waals surface area contributed by atoms with E-state index < -0.39 is 5.97 Å². The molecule has 88 valence electrons. The smallest absolute Gasteiger partial charge is 0.328 e. The summed E-state index contributed by atoms with van der Waals surface area (Å²) in [6, 6.07) is 0. The average molecular weight is 213 g/mol. The number of carboxylic acid groups (broad SMARTS) is 1. The molecular weight excluding hydrogens is 190 g/mol. The van der Waals surface area contributed by atoms with Crippen LogP contribution in [0.1, 0.15) is 34.6 Å². The average Bonchev–Trinajstić information content (AvgIpc) is 2.00. The van der Waals surface area contributed by atoms with Crippen molar-refractivity contribution in [3.63, 3.8) is 0 Å². The maximum Gasteiger partial charge on any atom is 0.328 e. The lowest BCUT2D eigenvalue weighted by Crippen LogP contribution is -2.39. The summed E-state index contributed by atoms with van der Waals surface area (Å²) < 4.78 is 0. The molecule has 0 heterocycles. The molecule has 0 fully saturated rings. The third kappa shape index (κ3) is 5.57. The third-order valence-electron chi connectivity index (χ3n) is 3.12. The molecule has 0 aliphatic rings. The zero-order chi connectivity index (χ0) is 12.1. The first kappa shape index (κ1) is 14.2. The summed E-state index contributed by atoms with van der Waals surface area (Å²) in [5.41, 5.74) is 0.417. The SMILES string of the molecule is CC(C)(C)C(C)(C)CNC/C=C/C(=O)O. The number of carbonyl (C=O) groups is 1. The summed E-state index contributed by atoms with van der Waals surface area (Å²) in [5.74, 6) is -0.896. The molecule has 15 heavy (non-hydrogen) atoms. The van der Waals surface area contributed by atoms with E-state index in [1.807, 2.05) is 0 Å². The summed E-state index contributed by atoms with van der Waals surface area (Å²) in [6.45, 7) is 12.5. The van der Waals surface area contributed by atoms with Crippen LogP contribution in [0.5, 0.6) is 0 Å². The van der Waals surface area contributed by atoms with Gasteiger partial charge in [0.25, 0.3) is 0 Å². The van der Waals surface area contributed by atoms with Gasteiger partial charge in [-0.1, -0.05) is 40.7 Å². The Kier molecular flexibility index (Phi) is 5.01. The highest BCUT2D eigenvalue weighted by Crippen LogP contribution is 2.36. The molecule has 0 radical (unpaired) electrons. The number of carboxylic acids is 1. The zero-order valence-corrected chi connectivity index (χ0v) is 10.4. The van der Waals surface area contributed by atoms with Crippen LogP contribution in [0.4, 0.5) is 0 Å². The van der Waals surface area contributed by atoms with E-state index in [1.165, 1.54) is 0 Å². The number of hydrogen-bond acceptors (Lipinski definition) is 2. The van der Waals surface area contributed by atoms with Gasteiger partial charge in [-0.15, -0.1) is 0 Å². The van der Waals surface area contributed by atoms with Crippen LogP contribution in [0, 0.1) is 10.8 Å². The fraction of sp³-hybridized carbons (Fsp3) is 0.750. The molecule has 0 saturated heterocycles. The molecule has 0 aromatic carbocycles. The fourth-order valence-corrected chi connectivity index (χ4v) is 0.893. The van der Waals surface area contributed by atoms with E-state index in [2.05, 4.69) is 39.9 Å². The Morgan fingerprint density at radius 1 is 1.27 bits per heavy atom. The standard InChI is InChI=1S/C12H23NO2/c1-11(2,3)12(4,5)9-13-8-6-7-10(14)15/h6-7,13H,8-9H2,1-5H3,(H,14,15)/b7-6+. The van der Waals surface area contributed by atoms with Crippen molar-refractivity contribution in [2.75, 3.05) is 13.1 Å². The normalized spacial score (nSPS) is 13.4. The van der Waals surface area contributed by atoms with Crippen LogP contribution in [-0.4, -0.2) is 24.2 Å². The van der Waals surface area contributed by atoms with E-state index in [1.54, 1.807) is 6.08 Å². The van der Waals surface area contributed by atoms with Crippen molar-refractivity contribution in [3.8, 4) is 0 Å². The number of hydrogen-bond donors (Lipinski definition) is 2. The van der Waals surface area contributed by atoms with Gasteiger partial charge in [0.15, 0.2) is 0 Å². The van der Waals surface area contributed by atoms with Gasteiger partial charge in [-0.25, -0.2) is 4.79 Å². The molecule has 0 aliphatic carbocycles. The highest BCUT2D eigenvalue weighted by atomic mass is 16.4. The van der Waals surface area contributed by atoms with Crippen molar-refractivity contribution in [2.24, 2.45) is 10.8 Å². The summed E-state index contributed by atoms with van der Waals surface area (Å²) in [4.78, 5) is 10.2. The van der Waals surface area contributed by atoms with Crippen LogP contribution in [0.25, 0.3) is 0 Å². The van der Waals surface area contributed by atoms with Gasteiger partial charge in [0.05, 0.1) is 0 Å². The lowest BCUT2D eigenvalue weighted by molar-refractivity contribution is -0.131. The van der Waals surface area contributed by atoms with Gasteiger partial charge in [0.2, 0.25) is 0 Å². The molecule has 0 bridgehead atoms. The quantitative estimate of drug-likeness (QED) is 0.544. The van der Waals surface area contributed by atoms with Crippen molar-refractivity contribution in [1.29, 1.82) is 0 Å². The number of nitrogens with one attached hydrogen (secondary N) is 1. The molecular formula is C12H23NO2. The summed E-state index contributed by atoms with van der Waals surface area (Å²) >= 11 is 0. The summed E-state index contributed by atoms with van der Waals surface area (Å²) in [5, 5.41) is 11.6. The summed E-state index contributed by atoms with van der Waals surface area (Å²) in [6.07, 6.45) is 2.79. The first-order chi connectivity index (χ1) is 6.67. The van der Waals surface area contributed by atoms with Crippen molar-refractivity contribution >= 4 is 5.97 Å². The second-order valence-corrected chi connectivity index (χ2v) is 5.51. The molecule has 3 nitrogen and oxygen atoms in total. The Morgan fingerprint density at radius 2 is 1.80 bits per heavy atom. The van der Waals surface area contributed by atoms with Gasteiger partial charge in [0.1, 0.15) is 0 Å². The molecule has 0 aromatic rings. The Bertz CT molecular complexity index is 236. The van der Waals surface area contributed by atoms with Crippen molar-refractivity contribution < 1.29 is 9.90 Å². The first-order valence-corrected chi connectivity index (χ1v) is 5.27. The van der Waals surface area contributed by atoms with E-state index in [0.29, 0.717) is 6.54 Å². The van der Waals surface area contributed by atoms with Gasteiger partial charge in [-0.2, -0.15) is 0 Å². The minimum absolute atomic E-state index is 0.185. The largest absolute Gasteiger partial charge is 0.478 e. The predicted molar refractivity (Wildman–Crippen MR) is 62.9 cm³/mol. The van der Waals surface area contributed by atoms with Crippen LogP contribution < -0.4 is 5.32 Å². The van der Waals surface area contributed by atoms with Gasteiger partial charge >= 0.3 is 5.97 Å². The maximum absolute atomic E-state index is 10.2. The van der Waals surface area contributed by atoms with Crippen LogP contribution in [0.15, 0.2) is 12.2 Å². The maximum atomic E-state index is 10.2. The Hall–Kier alpha value is -0.830. The van der Waals surface area contributed by atoms with E-state index in [-0.39, 0.29) is 10.8 Å². The molecule has 3 heteroatoms. The lowest BCUT2D eigenvalue weighted by atomic mass is 9.69. The highest BCUT2D eigenvalue weighted by Gasteiger charge is 2.31. The Balaban J connectivity index is 3.91. The van der Waals surface area contributed by atoms with Gasteiger partial charge in [-0.3, -0.25) is 0 Å². The molecule has 0 unspecified atom stereocenters. The number of rotatable bonds is 5. The zero-order valence-electron chi connectivity index (χ0n) is 10.4. The van der Waals surface area contributed by atoms with Crippen LogP contribution in [-0.2, 0) is 4.79 Å². The van der Waals surface area contributed by atoms with Crippen LogP contribution >= 0.6 is 0 Å². The first-order valence-electron chi connectivity index (χ1n) is 5.27. The minimum atomic E-state index is -0.896. The number of aliphatic carboxylic acids is 1. The van der Waals surface area contributed by atoms with Gasteiger partial charge in [-0.05, 0) is 10.8 Å². The predicted octanol–water partition coefficient (Wildman–Crippen LogP) is 2.29. The second-order valence-electron chi connectivity index (χ2n) is 5.51. The molecule has 0 rings (SSSR count). The van der Waals surface area contributed by atoms with Crippen molar-refractivity contribution in [2.45, 2.75) is 34.6 Å². The van der Waals surface area contributed by atoms with Gasteiger partial charge < -0.3 is 10.4 Å². The van der Waals surface area contributed by atoms with Crippen molar-refractivity contribution in [3.05, 3.63) is 12.2 Å². The molecule has 0 spiro atoms. The fourth-order valence-electron chi connectivity index (χ4n) is 0.893. The van der Waals surface area contributed by atoms with E-state index in [4.69, 9.17) is 5.11 Å². The van der Waals surface area contributed by atoms with E-state index in [0.717, 1.165) is 12.6 Å². The third-order valence-corrected chi connectivity index (χ3v) is 3.12. The van der Waals surface area contributed by atoms with E-state index >= 15 is 0 Å². The molecule has 0 amide bonds. The van der Waals surface area contributed by atoms with Crippen LogP contribution in [0.2, 0.25) is 0 Å². The monoisotopic (exact) mass is 213 g/mol. The van der Waals surface area contributed by atoms with E-state index in [9.17, 15) is 4.79 Å².